The van der Waals surface area contributed by atoms with E-state index >= 15 is 0 Å². The van der Waals surface area contributed by atoms with Crippen molar-refractivity contribution in [2.45, 2.75) is 58.4 Å². The number of hydrogen-bond acceptors (Lipinski definition) is 5. The second-order valence-electron chi connectivity index (χ2n) is 8.71. The summed E-state index contributed by atoms with van der Waals surface area (Å²) in [6.07, 6.45) is 1.89. The molecule has 28 heavy (non-hydrogen) atoms. The van der Waals surface area contributed by atoms with Crippen LogP contribution in [0.4, 0.5) is 0 Å². The number of hydrogen-bond donors (Lipinski definition) is 0. The van der Waals surface area contributed by atoms with Crippen molar-refractivity contribution in [2.24, 2.45) is 11.8 Å². The third kappa shape index (κ3) is 5.51. The summed E-state index contributed by atoms with van der Waals surface area (Å²) in [7, 11) is -2.90. The Hall–Kier alpha value is -1.05. The number of fused-ring (bicyclic) bond motifs is 1. The standard InChI is InChI=1S/C21H33N3O2S2/c1-16(2)9-11-27-21-22-19-7-5-6-8-20(19)24(21)15-23(13-17(3)4)18-10-12-28(25,26)14-18/h5-8,16-18H,9-15H2,1-4H3. The first-order valence-electron chi connectivity index (χ1n) is 10.3. The van der Waals surface area contributed by atoms with E-state index in [1.54, 1.807) is 0 Å². The summed E-state index contributed by atoms with van der Waals surface area (Å²) in [4.78, 5) is 7.23. The highest BCUT2D eigenvalue weighted by Crippen LogP contribution is 2.28. The highest BCUT2D eigenvalue weighted by atomic mass is 32.2. The lowest BCUT2D eigenvalue weighted by Crippen LogP contribution is -2.40. The van der Waals surface area contributed by atoms with E-state index in [9.17, 15) is 8.42 Å². The number of para-hydroxylation sites is 2. The largest absolute Gasteiger partial charge is 0.305 e. The molecule has 1 aliphatic heterocycles. The van der Waals surface area contributed by atoms with Crippen molar-refractivity contribution in [3.8, 4) is 0 Å². The van der Waals surface area contributed by atoms with Crippen molar-refractivity contribution in [3.05, 3.63) is 24.3 Å². The van der Waals surface area contributed by atoms with Crippen molar-refractivity contribution in [1.82, 2.24) is 14.5 Å². The lowest BCUT2D eigenvalue weighted by molar-refractivity contribution is 0.143. The predicted octanol–water partition coefficient (Wildman–Crippen LogP) is 4.28. The predicted molar refractivity (Wildman–Crippen MR) is 119 cm³/mol. The first kappa shape index (κ1) is 21.7. The molecule has 5 nitrogen and oxygen atoms in total. The van der Waals surface area contributed by atoms with E-state index in [0.717, 1.165) is 41.3 Å². The summed E-state index contributed by atoms with van der Waals surface area (Å²) in [5, 5.41) is 1.04. The Morgan fingerprint density at radius 3 is 2.61 bits per heavy atom. The number of nitrogens with zero attached hydrogens (tertiary/aromatic N) is 3. The van der Waals surface area contributed by atoms with Gasteiger partial charge in [0.05, 0.1) is 29.2 Å². The Morgan fingerprint density at radius 1 is 1.21 bits per heavy atom. The lowest BCUT2D eigenvalue weighted by atomic mass is 10.1. The molecule has 2 aromatic rings. The van der Waals surface area contributed by atoms with Crippen molar-refractivity contribution in [1.29, 1.82) is 0 Å². The molecular weight excluding hydrogens is 390 g/mol. The van der Waals surface area contributed by atoms with Crippen molar-refractivity contribution in [2.75, 3.05) is 23.8 Å². The Morgan fingerprint density at radius 2 is 1.96 bits per heavy atom. The van der Waals surface area contributed by atoms with Gasteiger partial charge in [0.1, 0.15) is 0 Å². The van der Waals surface area contributed by atoms with Gasteiger partial charge in [0.25, 0.3) is 0 Å². The van der Waals surface area contributed by atoms with Gasteiger partial charge < -0.3 is 4.57 Å². The summed E-state index contributed by atoms with van der Waals surface area (Å²) in [6, 6.07) is 8.36. The highest BCUT2D eigenvalue weighted by Gasteiger charge is 2.33. The first-order valence-corrected chi connectivity index (χ1v) is 13.1. The van der Waals surface area contributed by atoms with Gasteiger partial charge in [-0.15, -0.1) is 0 Å². The maximum absolute atomic E-state index is 12.1. The molecule has 0 N–H and O–H groups in total. The fraction of sp³-hybridized carbons (Fsp3) is 0.667. The van der Waals surface area contributed by atoms with Gasteiger partial charge in [0.15, 0.2) is 15.0 Å². The van der Waals surface area contributed by atoms with Gasteiger partial charge in [-0.05, 0) is 36.8 Å². The number of aromatic nitrogens is 2. The van der Waals surface area contributed by atoms with Crippen molar-refractivity contribution < 1.29 is 8.42 Å². The maximum Gasteiger partial charge on any atom is 0.170 e. The number of benzene rings is 1. The van der Waals surface area contributed by atoms with Crippen LogP contribution in [0, 0.1) is 11.8 Å². The third-order valence-electron chi connectivity index (χ3n) is 5.19. The van der Waals surface area contributed by atoms with Crippen LogP contribution in [-0.2, 0) is 16.5 Å². The normalized spacial score (nSPS) is 19.5. The average molecular weight is 424 g/mol. The fourth-order valence-electron chi connectivity index (χ4n) is 3.72. The van der Waals surface area contributed by atoms with E-state index in [0.29, 0.717) is 24.3 Å². The minimum absolute atomic E-state index is 0.0991. The van der Waals surface area contributed by atoms with Gasteiger partial charge in [-0.3, -0.25) is 4.90 Å². The van der Waals surface area contributed by atoms with Gasteiger partial charge in [0, 0.05) is 18.3 Å². The molecule has 0 radical (unpaired) electrons. The van der Waals surface area contributed by atoms with Gasteiger partial charge in [-0.2, -0.15) is 0 Å². The Bertz CT molecular complexity index is 890. The molecule has 1 aromatic carbocycles. The number of imidazole rings is 1. The topological polar surface area (TPSA) is 55.2 Å². The molecule has 7 heteroatoms. The van der Waals surface area contributed by atoms with Crippen LogP contribution in [0.3, 0.4) is 0 Å². The molecule has 1 atom stereocenters. The number of sulfone groups is 1. The summed E-state index contributed by atoms with van der Waals surface area (Å²) >= 11 is 1.81. The monoisotopic (exact) mass is 423 g/mol. The van der Waals surface area contributed by atoms with Crippen molar-refractivity contribution >= 4 is 32.6 Å². The Labute approximate surface area is 173 Å². The molecule has 1 unspecified atom stereocenters. The quantitative estimate of drug-likeness (QED) is 0.564. The Balaban J connectivity index is 1.88. The van der Waals surface area contributed by atoms with Crippen molar-refractivity contribution in [3.63, 3.8) is 0 Å². The molecule has 0 saturated carbocycles. The Kier molecular flexibility index (Phi) is 7.10. The molecule has 0 bridgehead atoms. The maximum atomic E-state index is 12.1. The zero-order chi connectivity index (χ0) is 20.3. The smallest absolute Gasteiger partial charge is 0.170 e. The van der Waals surface area contributed by atoms with Gasteiger partial charge in [0.2, 0.25) is 0 Å². The van der Waals surface area contributed by atoms with Crippen LogP contribution < -0.4 is 0 Å². The van der Waals surface area contributed by atoms with E-state index in [2.05, 4.69) is 55.4 Å². The van der Waals surface area contributed by atoms with E-state index < -0.39 is 9.84 Å². The molecular formula is C21H33N3O2S2. The van der Waals surface area contributed by atoms with Crippen LogP contribution in [0.1, 0.15) is 40.5 Å². The SMILES string of the molecule is CC(C)CCSc1nc2ccccc2n1CN(CC(C)C)C1CCS(=O)(=O)C1. The average Bonchev–Trinajstić information content (AvgIpc) is 3.14. The van der Waals surface area contributed by atoms with Gasteiger partial charge in [-0.1, -0.05) is 51.6 Å². The highest BCUT2D eigenvalue weighted by molar-refractivity contribution is 7.99. The molecule has 1 saturated heterocycles. The number of thioether (sulfide) groups is 1. The van der Waals surface area contributed by atoms with Crippen LogP contribution in [0.15, 0.2) is 29.4 Å². The van der Waals surface area contributed by atoms with Crippen LogP contribution in [-0.4, -0.2) is 52.7 Å². The van der Waals surface area contributed by atoms with E-state index in [4.69, 9.17) is 4.98 Å². The zero-order valence-electron chi connectivity index (χ0n) is 17.5. The summed E-state index contributed by atoms with van der Waals surface area (Å²) < 4.78 is 26.4. The zero-order valence-corrected chi connectivity index (χ0v) is 19.1. The third-order valence-corrected chi connectivity index (χ3v) is 7.95. The number of rotatable bonds is 9. The molecule has 2 heterocycles. The molecule has 1 fully saturated rings. The van der Waals surface area contributed by atoms with Gasteiger partial charge >= 0.3 is 0 Å². The minimum Gasteiger partial charge on any atom is -0.305 e. The van der Waals surface area contributed by atoms with Crippen LogP contribution in [0.25, 0.3) is 11.0 Å². The van der Waals surface area contributed by atoms with E-state index in [-0.39, 0.29) is 11.8 Å². The second-order valence-corrected chi connectivity index (χ2v) is 12.0. The molecule has 1 aromatic heterocycles. The summed E-state index contributed by atoms with van der Waals surface area (Å²) in [5.41, 5.74) is 2.14. The fourth-order valence-corrected chi connectivity index (χ4v) is 6.73. The van der Waals surface area contributed by atoms with Crippen LogP contribution in [0.2, 0.25) is 0 Å². The molecule has 0 aliphatic carbocycles. The molecule has 0 amide bonds. The van der Waals surface area contributed by atoms with Crippen LogP contribution in [0.5, 0.6) is 0 Å². The molecule has 0 spiro atoms. The van der Waals surface area contributed by atoms with E-state index in [1.807, 2.05) is 17.8 Å². The second kappa shape index (κ2) is 9.18. The summed E-state index contributed by atoms with van der Waals surface area (Å²) in [6.45, 7) is 10.5. The molecule has 156 valence electrons. The minimum atomic E-state index is -2.90. The summed E-state index contributed by atoms with van der Waals surface area (Å²) in [5.74, 6) is 2.79. The van der Waals surface area contributed by atoms with Gasteiger partial charge in [-0.25, -0.2) is 13.4 Å². The first-order chi connectivity index (χ1) is 13.2. The van der Waals surface area contributed by atoms with Crippen LogP contribution >= 0.6 is 11.8 Å². The lowest BCUT2D eigenvalue weighted by Gasteiger charge is -2.30. The molecule has 3 rings (SSSR count). The van der Waals surface area contributed by atoms with E-state index in [1.165, 1.54) is 0 Å². The molecule has 1 aliphatic rings.